The van der Waals surface area contributed by atoms with E-state index in [0.717, 1.165) is 11.8 Å². The number of aldehydes is 1. The van der Waals surface area contributed by atoms with E-state index in [1.165, 1.54) is 6.20 Å². The topological polar surface area (TPSA) is 59.1 Å². The normalized spacial score (nSPS) is 9.83. The number of nitrogens with one attached hydrogen (secondary N) is 1. The molecule has 0 bridgehead atoms. The molecular formula is C14H12N2O2. The van der Waals surface area contributed by atoms with Crippen LogP contribution in [0, 0.1) is 6.92 Å². The minimum atomic E-state index is -0.218. The standard InChI is InChI=1S/C14H12N2O2/c1-10-6-12(8-15-7-10)14(18)16-13-4-2-11(9-17)3-5-13/h2-9H,1H3,(H,16,18). The molecule has 0 aliphatic carbocycles. The molecule has 90 valence electrons. The largest absolute Gasteiger partial charge is 0.322 e. The van der Waals surface area contributed by atoms with Crippen LogP contribution in [0.25, 0.3) is 0 Å². The van der Waals surface area contributed by atoms with Gasteiger partial charge in [-0.25, -0.2) is 0 Å². The highest BCUT2D eigenvalue weighted by atomic mass is 16.1. The summed E-state index contributed by atoms with van der Waals surface area (Å²) >= 11 is 0. The molecule has 1 heterocycles. The van der Waals surface area contributed by atoms with E-state index in [4.69, 9.17) is 0 Å². The minimum absolute atomic E-state index is 0.218. The van der Waals surface area contributed by atoms with Crippen LogP contribution in [-0.4, -0.2) is 17.2 Å². The lowest BCUT2D eigenvalue weighted by atomic mass is 10.2. The van der Waals surface area contributed by atoms with Gasteiger partial charge in [-0.05, 0) is 42.8 Å². The predicted octanol–water partition coefficient (Wildman–Crippen LogP) is 2.45. The molecule has 0 atom stereocenters. The fourth-order valence-corrected chi connectivity index (χ4v) is 1.53. The molecule has 1 aromatic carbocycles. The van der Waals surface area contributed by atoms with E-state index in [2.05, 4.69) is 10.3 Å². The lowest BCUT2D eigenvalue weighted by Gasteiger charge is -2.05. The van der Waals surface area contributed by atoms with Crippen LogP contribution < -0.4 is 5.32 Å². The van der Waals surface area contributed by atoms with Gasteiger partial charge in [-0.2, -0.15) is 0 Å². The molecule has 1 amide bonds. The maximum atomic E-state index is 11.9. The van der Waals surface area contributed by atoms with Crippen LogP contribution in [0.2, 0.25) is 0 Å². The molecule has 2 aromatic rings. The fraction of sp³-hybridized carbons (Fsp3) is 0.0714. The van der Waals surface area contributed by atoms with E-state index in [1.54, 1.807) is 36.5 Å². The molecule has 0 saturated carbocycles. The number of carbonyl (C=O) groups is 2. The van der Waals surface area contributed by atoms with Crippen molar-refractivity contribution >= 4 is 17.9 Å². The lowest BCUT2D eigenvalue weighted by molar-refractivity contribution is 0.102. The van der Waals surface area contributed by atoms with E-state index in [-0.39, 0.29) is 5.91 Å². The van der Waals surface area contributed by atoms with Crippen LogP contribution in [0.5, 0.6) is 0 Å². The van der Waals surface area contributed by atoms with Crippen molar-refractivity contribution in [2.45, 2.75) is 6.92 Å². The number of carbonyl (C=O) groups excluding carboxylic acids is 2. The van der Waals surface area contributed by atoms with Gasteiger partial charge >= 0.3 is 0 Å². The van der Waals surface area contributed by atoms with E-state index >= 15 is 0 Å². The number of anilines is 1. The summed E-state index contributed by atoms with van der Waals surface area (Å²) in [4.78, 5) is 26.4. The maximum absolute atomic E-state index is 11.9. The first kappa shape index (κ1) is 12.0. The van der Waals surface area contributed by atoms with Gasteiger partial charge in [0.05, 0.1) is 5.56 Å². The van der Waals surface area contributed by atoms with Crippen LogP contribution in [0.3, 0.4) is 0 Å². The van der Waals surface area contributed by atoms with Gasteiger partial charge in [0.15, 0.2) is 0 Å². The summed E-state index contributed by atoms with van der Waals surface area (Å²) in [7, 11) is 0. The average Bonchev–Trinajstić information content (AvgIpc) is 2.39. The third kappa shape index (κ3) is 2.79. The number of hydrogen-bond acceptors (Lipinski definition) is 3. The summed E-state index contributed by atoms with van der Waals surface area (Å²) in [6, 6.07) is 8.44. The van der Waals surface area contributed by atoms with Crippen LogP contribution in [0.1, 0.15) is 26.3 Å². The Kier molecular flexibility index (Phi) is 3.48. The minimum Gasteiger partial charge on any atom is -0.322 e. The third-order valence-corrected chi connectivity index (χ3v) is 2.44. The smallest absolute Gasteiger partial charge is 0.257 e. The summed E-state index contributed by atoms with van der Waals surface area (Å²) in [6.45, 7) is 1.88. The van der Waals surface area contributed by atoms with Crippen molar-refractivity contribution < 1.29 is 9.59 Å². The molecule has 4 nitrogen and oxygen atoms in total. The molecule has 1 N–H and O–H groups in total. The number of aryl methyl sites for hydroxylation is 1. The molecule has 2 rings (SSSR count). The first-order valence-corrected chi connectivity index (χ1v) is 5.47. The van der Waals surface area contributed by atoms with Gasteiger partial charge in [-0.1, -0.05) is 0 Å². The Morgan fingerprint density at radius 2 is 1.94 bits per heavy atom. The number of pyridine rings is 1. The lowest BCUT2D eigenvalue weighted by Crippen LogP contribution is -2.12. The van der Waals surface area contributed by atoms with Crippen LogP contribution in [0.4, 0.5) is 5.69 Å². The molecule has 0 saturated heterocycles. The first-order valence-electron chi connectivity index (χ1n) is 5.47. The second-order valence-corrected chi connectivity index (χ2v) is 3.94. The molecule has 18 heavy (non-hydrogen) atoms. The molecule has 0 aliphatic rings. The SMILES string of the molecule is Cc1cncc(C(=O)Nc2ccc(C=O)cc2)c1. The average molecular weight is 240 g/mol. The second-order valence-electron chi connectivity index (χ2n) is 3.94. The maximum Gasteiger partial charge on any atom is 0.257 e. The Morgan fingerprint density at radius 3 is 2.56 bits per heavy atom. The monoisotopic (exact) mass is 240 g/mol. The number of rotatable bonds is 3. The number of benzene rings is 1. The van der Waals surface area contributed by atoms with Gasteiger partial charge in [0.2, 0.25) is 0 Å². The Morgan fingerprint density at radius 1 is 1.22 bits per heavy atom. The third-order valence-electron chi connectivity index (χ3n) is 2.44. The van der Waals surface area contributed by atoms with Crippen molar-refractivity contribution in [1.29, 1.82) is 0 Å². The van der Waals surface area contributed by atoms with E-state index in [9.17, 15) is 9.59 Å². The zero-order valence-corrected chi connectivity index (χ0v) is 9.88. The van der Waals surface area contributed by atoms with E-state index in [1.807, 2.05) is 6.92 Å². The molecule has 1 aromatic heterocycles. The van der Waals surface area contributed by atoms with Crippen molar-refractivity contribution in [2.75, 3.05) is 5.32 Å². The zero-order valence-electron chi connectivity index (χ0n) is 9.88. The van der Waals surface area contributed by atoms with Gasteiger partial charge in [0.1, 0.15) is 6.29 Å². The molecule has 0 radical (unpaired) electrons. The number of amides is 1. The number of aromatic nitrogens is 1. The van der Waals surface area contributed by atoms with Crippen molar-refractivity contribution in [1.82, 2.24) is 4.98 Å². The number of hydrogen-bond donors (Lipinski definition) is 1. The molecular weight excluding hydrogens is 228 g/mol. The second kappa shape index (κ2) is 5.23. The fourth-order valence-electron chi connectivity index (χ4n) is 1.53. The zero-order chi connectivity index (χ0) is 13.0. The highest BCUT2D eigenvalue weighted by molar-refractivity contribution is 6.04. The first-order chi connectivity index (χ1) is 8.69. The van der Waals surface area contributed by atoms with Gasteiger partial charge in [-0.3, -0.25) is 14.6 Å². The van der Waals surface area contributed by atoms with Gasteiger partial charge in [-0.15, -0.1) is 0 Å². The summed E-state index contributed by atoms with van der Waals surface area (Å²) in [5.74, 6) is -0.218. The quantitative estimate of drug-likeness (QED) is 0.838. The van der Waals surface area contributed by atoms with Crippen molar-refractivity contribution in [3.8, 4) is 0 Å². The van der Waals surface area contributed by atoms with Crippen LogP contribution in [0.15, 0.2) is 42.7 Å². The summed E-state index contributed by atoms with van der Waals surface area (Å²) < 4.78 is 0. The molecule has 0 spiro atoms. The predicted molar refractivity (Wildman–Crippen MR) is 68.8 cm³/mol. The number of nitrogens with zero attached hydrogens (tertiary/aromatic N) is 1. The molecule has 0 aliphatic heterocycles. The molecule has 0 unspecified atom stereocenters. The van der Waals surface area contributed by atoms with Gasteiger partial charge in [0.25, 0.3) is 5.91 Å². The Bertz CT molecular complexity index is 577. The van der Waals surface area contributed by atoms with E-state index in [0.29, 0.717) is 16.8 Å². The van der Waals surface area contributed by atoms with E-state index < -0.39 is 0 Å². The molecule has 4 heteroatoms. The molecule has 0 fully saturated rings. The van der Waals surface area contributed by atoms with Crippen molar-refractivity contribution in [3.05, 3.63) is 59.4 Å². The Labute approximate surface area is 105 Å². The van der Waals surface area contributed by atoms with Crippen LogP contribution in [-0.2, 0) is 0 Å². The Balaban J connectivity index is 2.13. The van der Waals surface area contributed by atoms with Crippen molar-refractivity contribution in [2.24, 2.45) is 0 Å². The summed E-state index contributed by atoms with van der Waals surface area (Å²) in [5.41, 5.74) is 2.66. The highest BCUT2D eigenvalue weighted by Gasteiger charge is 2.06. The van der Waals surface area contributed by atoms with Crippen LogP contribution >= 0.6 is 0 Å². The van der Waals surface area contributed by atoms with Gasteiger partial charge < -0.3 is 5.32 Å². The summed E-state index contributed by atoms with van der Waals surface area (Å²) in [5, 5.41) is 2.74. The summed E-state index contributed by atoms with van der Waals surface area (Å²) in [6.07, 6.45) is 3.97. The van der Waals surface area contributed by atoms with Crippen molar-refractivity contribution in [3.63, 3.8) is 0 Å². The van der Waals surface area contributed by atoms with Gasteiger partial charge in [0, 0.05) is 23.6 Å². The Hall–Kier alpha value is -2.49. The highest BCUT2D eigenvalue weighted by Crippen LogP contribution is 2.10.